The molecule has 1 aliphatic rings. The smallest absolute Gasteiger partial charge is 0.266 e. The number of H-pyrrole nitrogens is 1. The van der Waals surface area contributed by atoms with E-state index in [2.05, 4.69) is 15.0 Å². The molecule has 1 aliphatic heterocycles. The first-order chi connectivity index (χ1) is 13.1. The molecule has 1 amide bonds. The van der Waals surface area contributed by atoms with Gasteiger partial charge in [0.05, 0.1) is 12.2 Å². The van der Waals surface area contributed by atoms with Crippen LogP contribution < -0.4 is 5.56 Å². The molecular weight excluding hydrogens is 342 g/mol. The number of hydrogen-bond donors (Lipinski definition) is 1. The molecule has 0 saturated carbocycles. The number of benzene rings is 1. The molecule has 0 spiro atoms. The minimum Gasteiger partial charge on any atom is -0.361 e. The maximum absolute atomic E-state index is 12.8. The number of rotatable bonds is 4. The number of carbonyl (C=O) groups excluding carboxylic acids is 1. The number of nitrogens with zero attached hydrogens (tertiary/aromatic N) is 4. The molecule has 1 fully saturated rings. The summed E-state index contributed by atoms with van der Waals surface area (Å²) in [5, 5.41) is 5.38. The third kappa shape index (κ3) is 3.78. The van der Waals surface area contributed by atoms with Crippen LogP contribution in [-0.4, -0.2) is 63.2 Å². The maximum Gasteiger partial charge on any atom is 0.266 e. The number of aromatic amines is 1. The third-order valence-electron chi connectivity index (χ3n) is 5.09. The van der Waals surface area contributed by atoms with Crippen molar-refractivity contribution in [3.8, 4) is 0 Å². The molecule has 4 rings (SSSR count). The van der Waals surface area contributed by atoms with Gasteiger partial charge < -0.3 is 9.88 Å². The van der Waals surface area contributed by atoms with Gasteiger partial charge in [0, 0.05) is 56.1 Å². The summed E-state index contributed by atoms with van der Waals surface area (Å²) in [4.78, 5) is 31.9. The average molecular weight is 365 g/mol. The van der Waals surface area contributed by atoms with Gasteiger partial charge >= 0.3 is 0 Å². The van der Waals surface area contributed by atoms with Gasteiger partial charge in [-0.15, -0.1) is 0 Å². The van der Waals surface area contributed by atoms with Crippen molar-refractivity contribution in [2.24, 2.45) is 0 Å². The van der Waals surface area contributed by atoms with E-state index < -0.39 is 0 Å². The number of carbonyl (C=O) groups is 1. The minimum absolute atomic E-state index is 0.0720. The summed E-state index contributed by atoms with van der Waals surface area (Å²) >= 11 is 0. The van der Waals surface area contributed by atoms with E-state index in [4.69, 9.17) is 0 Å². The summed E-state index contributed by atoms with van der Waals surface area (Å²) < 4.78 is 1.51. The van der Waals surface area contributed by atoms with Crippen molar-refractivity contribution in [3.63, 3.8) is 0 Å². The topological polar surface area (TPSA) is 74.2 Å². The van der Waals surface area contributed by atoms with Crippen molar-refractivity contribution in [3.05, 3.63) is 64.2 Å². The Labute approximate surface area is 157 Å². The fraction of sp³-hybridized carbons (Fsp3) is 0.350. The normalized spacial score (nSPS) is 15.4. The van der Waals surface area contributed by atoms with Crippen LogP contribution in [-0.2, 0) is 6.54 Å². The van der Waals surface area contributed by atoms with Gasteiger partial charge in [-0.3, -0.25) is 14.5 Å². The molecular formula is C20H23N5O2. The molecule has 1 aromatic carbocycles. The quantitative estimate of drug-likeness (QED) is 0.760. The van der Waals surface area contributed by atoms with E-state index in [0.29, 0.717) is 25.2 Å². The molecule has 0 aliphatic carbocycles. The highest BCUT2D eigenvalue weighted by Gasteiger charge is 2.22. The van der Waals surface area contributed by atoms with Gasteiger partial charge in [-0.25, -0.2) is 4.68 Å². The minimum atomic E-state index is -0.0749. The number of fused-ring (bicyclic) bond motifs is 1. The molecule has 0 unspecified atom stereocenters. The maximum atomic E-state index is 12.8. The zero-order chi connectivity index (χ0) is 18.8. The average Bonchev–Trinajstić information content (AvgIpc) is 3.16. The summed E-state index contributed by atoms with van der Waals surface area (Å²) in [6.45, 7) is 6.19. The first-order valence-electron chi connectivity index (χ1n) is 9.24. The van der Waals surface area contributed by atoms with Crippen molar-refractivity contribution in [2.45, 2.75) is 13.5 Å². The number of hydrogen-bond acceptors (Lipinski definition) is 4. The van der Waals surface area contributed by atoms with Crippen LogP contribution in [0.2, 0.25) is 0 Å². The van der Waals surface area contributed by atoms with Gasteiger partial charge in [0.25, 0.3) is 11.5 Å². The zero-order valence-corrected chi connectivity index (χ0v) is 15.4. The Hall–Kier alpha value is -2.93. The third-order valence-corrected chi connectivity index (χ3v) is 5.09. The van der Waals surface area contributed by atoms with Crippen molar-refractivity contribution in [1.82, 2.24) is 24.6 Å². The van der Waals surface area contributed by atoms with Crippen LogP contribution in [0.25, 0.3) is 10.9 Å². The Morgan fingerprint density at radius 2 is 1.89 bits per heavy atom. The number of nitrogens with one attached hydrogen (secondary N) is 1. The van der Waals surface area contributed by atoms with Gasteiger partial charge in [-0.1, -0.05) is 6.07 Å². The standard InChI is InChI=1S/C20H23N5O2/c1-15-2-5-19(26)25(22-15)13-10-23-8-11-24(12-9-23)20(27)17-4-3-16-6-7-21-18(16)14-17/h2-7,14,21H,8-13H2,1H3. The van der Waals surface area contributed by atoms with Crippen molar-refractivity contribution in [2.75, 3.05) is 32.7 Å². The van der Waals surface area contributed by atoms with Crippen LogP contribution in [0, 0.1) is 6.92 Å². The Bertz CT molecular complexity index is 1010. The van der Waals surface area contributed by atoms with Crippen LogP contribution >= 0.6 is 0 Å². The second-order valence-electron chi connectivity index (χ2n) is 6.95. The van der Waals surface area contributed by atoms with E-state index in [9.17, 15) is 9.59 Å². The molecule has 0 atom stereocenters. The molecule has 27 heavy (non-hydrogen) atoms. The summed E-state index contributed by atoms with van der Waals surface area (Å²) in [6, 6.07) is 11.1. The van der Waals surface area contributed by atoms with Crippen LogP contribution in [0.15, 0.2) is 47.4 Å². The lowest BCUT2D eigenvalue weighted by molar-refractivity contribution is 0.0631. The second kappa shape index (κ2) is 7.36. The first-order valence-corrected chi connectivity index (χ1v) is 9.24. The van der Waals surface area contributed by atoms with Crippen molar-refractivity contribution < 1.29 is 4.79 Å². The van der Waals surface area contributed by atoms with Crippen molar-refractivity contribution in [1.29, 1.82) is 0 Å². The Kier molecular flexibility index (Phi) is 4.77. The van der Waals surface area contributed by atoms with Gasteiger partial charge in [0.15, 0.2) is 0 Å². The highest BCUT2D eigenvalue weighted by molar-refractivity contribution is 5.98. The lowest BCUT2D eigenvalue weighted by atomic mass is 10.1. The molecule has 0 bridgehead atoms. The molecule has 7 heteroatoms. The Morgan fingerprint density at radius 1 is 1.07 bits per heavy atom. The fourth-order valence-corrected chi connectivity index (χ4v) is 3.49. The SMILES string of the molecule is Cc1ccc(=O)n(CCN2CCN(C(=O)c3ccc4cc[nH]c4c3)CC2)n1. The number of amides is 1. The fourth-order valence-electron chi connectivity index (χ4n) is 3.49. The summed E-state index contributed by atoms with van der Waals surface area (Å²) in [6.07, 6.45) is 1.88. The lowest BCUT2D eigenvalue weighted by Gasteiger charge is -2.34. The van der Waals surface area contributed by atoms with E-state index in [1.807, 2.05) is 42.3 Å². The van der Waals surface area contributed by atoms with Gasteiger partial charge in [0.2, 0.25) is 0 Å². The van der Waals surface area contributed by atoms with Crippen LogP contribution in [0.3, 0.4) is 0 Å². The molecule has 0 radical (unpaired) electrons. The molecule has 2 aromatic heterocycles. The van der Waals surface area contributed by atoms with E-state index in [1.54, 1.807) is 12.1 Å². The number of piperazine rings is 1. The highest BCUT2D eigenvalue weighted by Crippen LogP contribution is 2.16. The van der Waals surface area contributed by atoms with Gasteiger partial charge in [0.1, 0.15) is 0 Å². The molecule has 3 heterocycles. The van der Waals surface area contributed by atoms with Gasteiger partial charge in [-0.2, -0.15) is 5.10 Å². The number of aryl methyl sites for hydroxylation is 1. The molecule has 1 N–H and O–H groups in total. The van der Waals surface area contributed by atoms with Crippen LogP contribution in [0.1, 0.15) is 16.1 Å². The van der Waals surface area contributed by atoms with E-state index >= 15 is 0 Å². The van der Waals surface area contributed by atoms with Crippen LogP contribution in [0.5, 0.6) is 0 Å². The molecule has 3 aromatic rings. The van der Waals surface area contributed by atoms with E-state index in [1.165, 1.54) is 4.68 Å². The lowest BCUT2D eigenvalue weighted by Crippen LogP contribution is -2.49. The second-order valence-corrected chi connectivity index (χ2v) is 6.95. The zero-order valence-electron chi connectivity index (χ0n) is 15.4. The first kappa shape index (κ1) is 17.5. The highest BCUT2D eigenvalue weighted by atomic mass is 16.2. The van der Waals surface area contributed by atoms with Gasteiger partial charge in [-0.05, 0) is 36.6 Å². The molecule has 7 nitrogen and oxygen atoms in total. The monoisotopic (exact) mass is 365 g/mol. The van der Waals surface area contributed by atoms with E-state index in [0.717, 1.165) is 36.2 Å². The summed E-state index contributed by atoms with van der Waals surface area (Å²) in [5.41, 5.74) is 2.46. The van der Waals surface area contributed by atoms with Crippen molar-refractivity contribution >= 4 is 16.8 Å². The predicted molar refractivity (Wildman–Crippen MR) is 104 cm³/mol. The van der Waals surface area contributed by atoms with Crippen LogP contribution in [0.4, 0.5) is 0 Å². The summed E-state index contributed by atoms with van der Waals surface area (Å²) in [5.74, 6) is 0.0720. The predicted octanol–water partition coefficient (Wildman–Crippen LogP) is 1.49. The number of aromatic nitrogens is 3. The molecule has 1 saturated heterocycles. The Morgan fingerprint density at radius 3 is 2.70 bits per heavy atom. The summed E-state index contributed by atoms with van der Waals surface area (Å²) in [7, 11) is 0. The van der Waals surface area contributed by atoms with E-state index in [-0.39, 0.29) is 11.5 Å². The largest absolute Gasteiger partial charge is 0.361 e. The molecule has 140 valence electrons. The Balaban J connectivity index is 1.33.